The van der Waals surface area contributed by atoms with Crippen molar-refractivity contribution in [3.63, 3.8) is 0 Å². The molecule has 102 valence electrons. The van der Waals surface area contributed by atoms with Crippen molar-refractivity contribution in [1.82, 2.24) is 0 Å². The van der Waals surface area contributed by atoms with Crippen LogP contribution in [0, 0.1) is 6.92 Å². The van der Waals surface area contributed by atoms with Crippen LogP contribution in [0.3, 0.4) is 0 Å². The Hall–Kier alpha value is -0.380. The first-order valence-electron chi connectivity index (χ1n) is 5.85. The number of halogens is 1. The highest BCUT2D eigenvalue weighted by Crippen LogP contribution is 2.59. The van der Waals surface area contributed by atoms with Crippen molar-refractivity contribution in [1.29, 1.82) is 0 Å². The van der Waals surface area contributed by atoms with Gasteiger partial charge >= 0.3 is 7.60 Å². The third-order valence-electron chi connectivity index (χ3n) is 2.53. The smallest absolute Gasteiger partial charge is 0.314 e. The summed E-state index contributed by atoms with van der Waals surface area (Å²) in [4.78, 5) is 0. The number of benzene rings is 1. The minimum atomic E-state index is -3.39. The molecule has 6 heteroatoms. The molecule has 1 atom stereocenters. The molecule has 1 aromatic rings. The van der Waals surface area contributed by atoms with Gasteiger partial charge in [-0.25, -0.2) is 0 Å². The molecule has 0 saturated carbocycles. The average Bonchev–Trinajstić information content (AvgIpc) is 2.29. The molecule has 0 spiro atoms. The van der Waals surface area contributed by atoms with E-state index in [0.29, 0.717) is 10.6 Å². The molecule has 0 unspecified atom stereocenters. The molecule has 4 nitrogen and oxygen atoms in total. The molecule has 0 aliphatic rings. The number of aryl methyl sites for hydroxylation is 1. The van der Waals surface area contributed by atoms with E-state index < -0.39 is 13.4 Å². The van der Waals surface area contributed by atoms with Gasteiger partial charge in [-0.3, -0.25) is 4.57 Å². The zero-order chi connectivity index (χ0) is 13.8. The van der Waals surface area contributed by atoms with Gasteiger partial charge in [0.15, 0.2) is 0 Å². The molecule has 0 aromatic heterocycles. The lowest BCUT2D eigenvalue weighted by Gasteiger charge is -2.25. The highest BCUT2D eigenvalue weighted by molar-refractivity contribution is 7.54. The summed E-state index contributed by atoms with van der Waals surface area (Å²) in [5.74, 6) is -0.869. The number of hydrogen-bond donors (Lipinski definition) is 1. The number of rotatable bonds is 6. The first kappa shape index (κ1) is 15.7. The van der Waals surface area contributed by atoms with Crippen molar-refractivity contribution in [2.45, 2.75) is 26.6 Å². The van der Waals surface area contributed by atoms with Gasteiger partial charge in [-0.2, -0.15) is 0 Å². The largest absolute Gasteiger partial charge is 0.351 e. The van der Waals surface area contributed by atoms with Gasteiger partial charge in [0.1, 0.15) is 5.78 Å². The fraction of sp³-hybridized carbons (Fsp3) is 0.500. The van der Waals surface area contributed by atoms with Crippen LogP contribution in [0.2, 0.25) is 5.02 Å². The quantitative estimate of drug-likeness (QED) is 0.808. The first-order chi connectivity index (χ1) is 8.46. The Bertz CT molecular complexity index is 423. The van der Waals surface area contributed by atoms with Gasteiger partial charge in [0.05, 0.1) is 13.2 Å². The Morgan fingerprint density at radius 2 is 1.89 bits per heavy atom. The molecule has 18 heavy (non-hydrogen) atoms. The highest BCUT2D eigenvalue weighted by atomic mass is 35.5. The molecule has 2 N–H and O–H groups in total. The van der Waals surface area contributed by atoms with Crippen LogP contribution in [0.5, 0.6) is 0 Å². The molecular weight excluding hydrogens is 273 g/mol. The summed E-state index contributed by atoms with van der Waals surface area (Å²) in [6.07, 6.45) is 0. The van der Waals surface area contributed by atoms with E-state index in [0.717, 1.165) is 5.56 Å². The van der Waals surface area contributed by atoms with Crippen LogP contribution in [-0.2, 0) is 13.6 Å². The number of nitrogens with two attached hydrogens (primary N) is 1. The van der Waals surface area contributed by atoms with Crippen molar-refractivity contribution in [3.8, 4) is 0 Å². The van der Waals surface area contributed by atoms with Gasteiger partial charge in [0.2, 0.25) is 0 Å². The van der Waals surface area contributed by atoms with Crippen LogP contribution >= 0.6 is 19.2 Å². The van der Waals surface area contributed by atoms with Crippen molar-refractivity contribution < 1.29 is 13.6 Å². The fourth-order valence-corrected chi connectivity index (χ4v) is 3.93. The maximum atomic E-state index is 12.6. The predicted molar refractivity (Wildman–Crippen MR) is 74.0 cm³/mol. The topological polar surface area (TPSA) is 61.5 Å². The zero-order valence-electron chi connectivity index (χ0n) is 10.9. The maximum absolute atomic E-state index is 12.6. The molecular formula is C12H19ClNO3P. The standard InChI is InChI=1S/C12H19ClNO3P/c1-4-16-18(15,17-5-2)12(14)11-9(3)7-6-8-10(11)13/h6-8,12H,4-5,14H2,1-3H3/t12-/m0/s1. The van der Waals surface area contributed by atoms with Crippen LogP contribution in [0.4, 0.5) is 0 Å². The maximum Gasteiger partial charge on any atom is 0.351 e. The summed E-state index contributed by atoms with van der Waals surface area (Å²) in [5, 5.41) is 0.474. The second-order valence-corrected chi connectivity index (χ2v) is 6.35. The summed E-state index contributed by atoms with van der Waals surface area (Å²) >= 11 is 6.12. The highest BCUT2D eigenvalue weighted by Gasteiger charge is 2.35. The second-order valence-electron chi connectivity index (χ2n) is 3.79. The Balaban J connectivity index is 3.17. The Labute approximate surface area is 113 Å². The number of hydrogen-bond acceptors (Lipinski definition) is 4. The Kier molecular flexibility index (Phi) is 5.83. The Morgan fingerprint density at radius 1 is 1.33 bits per heavy atom. The van der Waals surface area contributed by atoms with Crippen LogP contribution in [0.15, 0.2) is 18.2 Å². The lowest BCUT2D eigenvalue weighted by molar-refractivity contribution is 0.212. The van der Waals surface area contributed by atoms with Crippen molar-refractivity contribution in [3.05, 3.63) is 34.3 Å². The van der Waals surface area contributed by atoms with Gasteiger partial charge < -0.3 is 14.8 Å². The van der Waals surface area contributed by atoms with E-state index in [4.69, 9.17) is 26.4 Å². The summed E-state index contributed by atoms with van der Waals surface area (Å²) in [6.45, 7) is 5.90. The summed E-state index contributed by atoms with van der Waals surface area (Å²) in [5.41, 5.74) is 7.53. The lowest BCUT2D eigenvalue weighted by atomic mass is 10.1. The van der Waals surface area contributed by atoms with Gasteiger partial charge in [-0.15, -0.1) is 0 Å². The van der Waals surface area contributed by atoms with Gasteiger partial charge in [0.25, 0.3) is 0 Å². The summed E-state index contributed by atoms with van der Waals surface area (Å²) in [7, 11) is -3.39. The fourth-order valence-electron chi connectivity index (χ4n) is 1.74. The third-order valence-corrected chi connectivity index (χ3v) is 5.03. The molecule has 0 radical (unpaired) electrons. The lowest BCUT2D eigenvalue weighted by Crippen LogP contribution is -2.16. The minimum absolute atomic E-state index is 0.272. The van der Waals surface area contributed by atoms with Crippen molar-refractivity contribution in [2.75, 3.05) is 13.2 Å². The van der Waals surface area contributed by atoms with Gasteiger partial charge in [-0.05, 0) is 32.4 Å². The van der Waals surface area contributed by atoms with Crippen LogP contribution in [0.1, 0.15) is 30.8 Å². The van der Waals surface area contributed by atoms with Crippen LogP contribution in [-0.4, -0.2) is 13.2 Å². The average molecular weight is 292 g/mol. The van der Waals surface area contributed by atoms with Gasteiger partial charge in [-0.1, -0.05) is 23.7 Å². The molecule has 1 aromatic carbocycles. The Morgan fingerprint density at radius 3 is 2.33 bits per heavy atom. The van der Waals surface area contributed by atoms with Crippen LogP contribution < -0.4 is 5.73 Å². The first-order valence-corrected chi connectivity index (χ1v) is 7.84. The molecule has 0 fully saturated rings. The summed E-state index contributed by atoms with van der Waals surface area (Å²) < 4.78 is 23.1. The molecule has 0 amide bonds. The zero-order valence-corrected chi connectivity index (χ0v) is 12.5. The van der Waals surface area contributed by atoms with Crippen LogP contribution in [0.25, 0.3) is 0 Å². The van der Waals surface area contributed by atoms with E-state index in [1.165, 1.54) is 0 Å². The minimum Gasteiger partial charge on any atom is -0.314 e. The normalized spacial score (nSPS) is 13.6. The SMILES string of the molecule is CCOP(=O)(OCC)[C@H](N)c1c(C)cccc1Cl. The van der Waals surface area contributed by atoms with E-state index in [-0.39, 0.29) is 13.2 Å². The van der Waals surface area contributed by atoms with Gasteiger partial charge in [0, 0.05) is 10.6 Å². The van der Waals surface area contributed by atoms with E-state index in [9.17, 15) is 4.57 Å². The van der Waals surface area contributed by atoms with E-state index in [2.05, 4.69) is 0 Å². The summed E-state index contributed by atoms with van der Waals surface area (Å²) in [6, 6.07) is 5.40. The van der Waals surface area contributed by atoms with Crippen molar-refractivity contribution >= 4 is 19.2 Å². The molecule has 0 bridgehead atoms. The molecule has 0 heterocycles. The van der Waals surface area contributed by atoms with E-state index >= 15 is 0 Å². The molecule has 0 saturated heterocycles. The predicted octanol–water partition coefficient (Wildman–Crippen LogP) is 3.87. The second kappa shape index (κ2) is 6.69. The van der Waals surface area contributed by atoms with E-state index in [1.807, 2.05) is 19.1 Å². The monoisotopic (exact) mass is 291 g/mol. The van der Waals surface area contributed by atoms with E-state index in [1.54, 1.807) is 19.9 Å². The molecule has 0 aliphatic heterocycles. The molecule has 0 aliphatic carbocycles. The van der Waals surface area contributed by atoms with Crippen molar-refractivity contribution in [2.24, 2.45) is 5.73 Å². The molecule has 1 rings (SSSR count). The third kappa shape index (κ3) is 3.34.